The number of pyridine rings is 1. The summed E-state index contributed by atoms with van der Waals surface area (Å²) in [7, 11) is 0. The molecule has 1 aromatic carbocycles. The molecular weight excluding hydrogens is 280 g/mol. The molecule has 0 radical (unpaired) electrons. The predicted molar refractivity (Wildman–Crippen MR) is 84.1 cm³/mol. The first-order chi connectivity index (χ1) is 10.6. The maximum absolute atomic E-state index is 12.3. The molecule has 0 saturated carbocycles. The zero-order chi connectivity index (χ0) is 15.5. The Balaban J connectivity index is 1.79. The van der Waals surface area contributed by atoms with Crippen LogP contribution in [0.2, 0.25) is 0 Å². The normalized spacial score (nSPS) is 13.9. The van der Waals surface area contributed by atoms with E-state index >= 15 is 0 Å². The number of urea groups is 1. The van der Waals surface area contributed by atoms with Crippen LogP contribution in [0.5, 0.6) is 0 Å². The molecule has 3 rings (SSSR count). The molecule has 0 bridgehead atoms. The summed E-state index contributed by atoms with van der Waals surface area (Å²) >= 11 is 0. The zero-order valence-electron chi connectivity index (χ0n) is 12.2. The number of aryl methyl sites for hydroxylation is 1. The van der Waals surface area contributed by atoms with E-state index in [0.29, 0.717) is 30.2 Å². The van der Waals surface area contributed by atoms with Crippen LogP contribution in [0.3, 0.4) is 0 Å². The summed E-state index contributed by atoms with van der Waals surface area (Å²) in [4.78, 5) is 29.8. The van der Waals surface area contributed by atoms with Gasteiger partial charge in [0.1, 0.15) is 5.82 Å². The number of carbonyl (C=O) groups excluding carboxylic acids is 2. The number of anilines is 2. The van der Waals surface area contributed by atoms with Crippen molar-refractivity contribution in [3.63, 3.8) is 0 Å². The molecule has 1 aromatic heterocycles. The summed E-state index contributed by atoms with van der Waals surface area (Å²) in [5.41, 5.74) is 2.03. The third-order valence-electron chi connectivity index (χ3n) is 3.41. The Hall–Kier alpha value is -2.89. The lowest BCUT2D eigenvalue weighted by molar-refractivity contribution is 0.102. The van der Waals surface area contributed by atoms with Gasteiger partial charge < -0.3 is 10.6 Å². The van der Waals surface area contributed by atoms with Crippen LogP contribution in [0.4, 0.5) is 16.3 Å². The molecule has 1 aliphatic rings. The van der Waals surface area contributed by atoms with Crippen molar-refractivity contribution in [2.45, 2.75) is 6.92 Å². The van der Waals surface area contributed by atoms with Crippen LogP contribution in [0.1, 0.15) is 16.1 Å². The molecule has 6 nitrogen and oxygen atoms in total. The Morgan fingerprint density at radius 1 is 1.27 bits per heavy atom. The van der Waals surface area contributed by atoms with Crippen molar-refractivity contribution in [3.8, 4) is 0 Å². The highest BCUT2D eigenvalue weighted by Crippen LogP contribution is 2.19. The topological polar surface area (TPSA) is 74.3 Å². The lowest BCUT2D eigenvalue weighted by Crippen LogP contribution is -2.27. The monoisotopic (exact) mass is 296 g/mol. The molecule has 0 spiro atoms. The molecule has 1 aliphatic heterocycles. The van der Waals surface area contributed by atoms with Gasteiger partial charge >= 0.3 is 6.03 Å². The summed E-state index contributed by atoms with van der Waals surface area (Å²) in [5.74, 6) is 0.258. The summed E-state index contributed by atoms with van der Waals surface area (Å²) in [6, 6.07) is 12.3. The minimum atomic E-state index is -0.250. The lowest BCUT2D eigenvalue weighted by atomic mass is 10.1. The van der Waals surface area contributed by atoms with Gasteiger partial charge in [0.15, 0.2) is 0 Å². The molecule has 2 N–H and O–H groups in total. The SMILES string of the molecule is Cc1cccc(NC(=O)c2cccc(N3CCNC3=O)c2)n1. The van der Waals surface area contributed by atoms with Gasteiger partial charge in [0.2, 0.25) is 0 Å². The number of hydrogen-bond donors (Lipinski definition) is 2. The first-order valence-electron chi connectivity index (χ1n) is 7.04. The van der Waals surface area contributed by atoms with Crippen molar-refractivity contribution in [2.75, 3.05) is 23.3 Å². The van der Waals surface area contributed by atoms with E-state index in [2.05, 4.69) is 15.6 Å². The largest absolute Gasteiger partial charge is 0.336 e. The number of carbonyl (C=O) groups is 2. The molecule has 0 aliphatic carbocycles. The lowest BCUT2D eigenvalue weighted by Gasteiger charge is -2.15. The van der Waals surface area contributed by atoms with Gasteiger partial charge in [0.25, 0.3) is 5.91 Å². The highest BCUT2D eigenvalue weighted by Gasteiger charge is 2.21. The second kappa shape index (κ2) is 5.85. The Morgan fingerprint density at radius 2 is 2.09 bits per heavy atom. The van der Waals surface area contributed by atoms with Crippen LogP contribution >= 0.6 is 0 Å². The molecule has 6 heteroatoms. The molecule has 0 atom stereocenters. The fourth-order valence-corrected chi connectivity index (χ4v) is 2.33. The molecule has 2 aromatic rings. The van der Waals surface area contributed by atoms with Gasteiger partial charge in [-0.1, -0.05) is 12.1 Å². The molecule has 112 valence electrons. The van der Waals surface area contributed by atoms with E-state index in [1.165, 1.54) is 0 Å². The number of rotatable bonds is 3. The van der Waals surface area contributed by atoms with Gasteiger partial charge in [-0.3, -0.25) is 9.69 Å². The Kier molecular flexibility index (Phi) is 3.74. The smallest absolute Gasteiger partial charge is 0.321 e. The number of benzene rings is 1. The van der Waals surface area contributed by atoms with E-state index in [4.69, 9.17) is 0 Å². The summed E-state index contributed by atoms with van der Waals surface area (Å²) in [6.07, 6.45) is 0. The van der Waals surface area contributed by atoms with Crippen LogP contribution in [0.25, 0.3) is 0 Å². The van der Waals surface area contributed by atoms with Crippen molar-refractivity contribution >= 4 is 23.4 Å². The van der Waals surface area contributed by atoms with Crippen molar-refractivity contribution < 1.29 is 9.59 Å². The van der Waals surface area contributed by atoms with Crippen LogP contribution in [0.15, 0.2) is 42.5 Å². The van der Waals surface area contributed by atoms with Gasteiger partial charge in [0.05, 0.1) is 0 Å². The molecule has 0 unspecified atom stereocenters. The van der Waals surface area contributed by atoms with Gasteiger partial charge in [-0.25, -0.2) is 9.78 Å². The van der Waals surface area contributed by atoms with Crippen LogP contribution in [-0.4, -0.2) is 30.0 Å². The number of aromatic nitrogens is 1. The van der Waals surface area contributed by atoms with Crippen molar-refractivity contribution in [1.82, 2.24) is 10.3 Å². The first kappa shape index (κ1) is 14.1. The number of nitrogens with one attached hydrogen (secondary N) is 2. The van der Waals surface area contributed by atoms with Crippen LogP contribution in [0, 0.1) is 6.92 Å². The summed E-state index contributed by atoms with van der Waals surface area (Å²) < 4.78 is 0. The van der Waals surface area contributed by atoms with Gasteiger partial charge in [-0.15, -0.1) is 0 Å². The molecule has 1 fully saturated rings. The maximum atomic E-state index is 12.3. The van der Waals surface area contributed by atoms with Gasteiger partial charge in [-0.05, 0) is 37.3 Å². The molecule has 3 amide bonds. The minimum Gasteiger partial charge on any atom is -0.336 e. The van der Waals surface area contributed by atoms with E-state index in [0.717, 1.165) is 5.69 Å². The highest BCUT2D eigenvalue weighted by molar-refractivity contribution is 6.05. The fourth-order valence-electron chi connectivity index (χ4n) is 2.33. The van der Waals surface area contributed by atoms with Crippen molar-refractivity contribution in [2.24, 2.45) is 0 Å². The van der Waals surface area contributed by atoms with E-state index < -0.39 is 0 Å². The van der Waals surface area contributed by atoms with Crippen molar-refractivity contribution in [1.29, 1.82) is 0 Å². The third-order valence-corrected chi connectivity index (χ3v) is 3.41. The van der Waals surface area contributed by atoms with E-state index in [1.54, 1.807) is 29.2 Å². The number of amides is 3. The Morgan fingerprint density at radius 3 is 2.82 bits per heavy atom. The quantitative estimate of drug-likeness (QED) is 0.911. The first-order valence-corrected chi connectivity index (χ1v) is 7.04. The minimum absolute atomic E-state index is 0.141. The molecule has 1 saturated heterocycles. The number of nitrogens with zero attached hydrogens (tertiary/aromatic N) is 2. The summed E-state index contributed by atoms with van der Waals surface area (Å²) in [5, 5.41) is 5.50. The van der Waals surface area contributed by atoms with Crippen LogP contribution < -0.4 is 15.5 Å². The third kappa shape index (κ3) is 2.90. The predicted octanol–water partition coefficient (Wildman–Crippen LogP) is 2.17. The average molecular weight is 296 g/mol. The molecule has 22 heavy (non-hydrogen) atoms. The van der Waals surface area contributed by atoms with Gasteiger partial charge in [0, 0.05) is 30.0 Å². The second-order valence-corrected chi connectivity index (χ2v) is 5.05. The van der Waals surface area contributed by atoms with E-state index in [1.807, 2.05) is 25.1 Å². The Labute approximate surface area is 128 Å². The zero-order valence-corrected chi connectivity index (χ0v) is 12.2. The maximum Gasteiger partial charge on any atom is 0.321 e. The van der Waals surface area contributed by atoms with Crippen LogP contribution in [-0.2, 0) is 0 Å². The van der Waals surface area contributed by atoms with E-state index in [9.17, 15) is 9.59 Å². The molecular formula is C16H16N4O2. The number of hydrogen-bond acceptors (Lipinski definition) is 3. The standard InChI is InChI=1S/C16H16N4O2/c1-11-4-2-7-14(18-11)19-15(21)12-5-3-6-13(10-12)20-9-8-17-16(20)22/h2-7,10H,8-9H2,1H3,(H,17,22)(H,18,19,21). The Bertz CT molecular complexity index is 730. The highest BCUT2D eigenvalue weighted by atomic mass is 16.2. The molecule has 2 heterocycles. The second-order valence-electron chi connectivity index (χ2n) is 5.05. The average Bonchev–Trinajstić information content (AvgIpc) is 2.93. The van der Waals surface area contributed by atoms with Crippen molar-refractivity contribution in [3.05, 3.63) is 53.7 Å². The van der Waals surface area contributed by atoms with E-state index in [-0.39, 0.29) is 11.9 Å². The fraction of sp³-hybridized carbons (Fsp3) is 0.188. The van der Waals surface area contributed by atoms with Gasteiger partial charge in [-0.2, -0.15) is 0 Å². The summed E-state index contributed by atoms with van der Waals surface area (Å²) in [6.45, 7) is 3.08.